The van der Waals surface area contributed by atoms with Crippen molar-refractivity contribution >= 4 is 5.91 Å². The molecule has 1 amide bonds. The fourth-order valence-corrected chi connectivity index (χ4v) is 2.14. The lowest BCUT2D eigenvalue weighted by molar-refractivity contribution is 0.0915. The number of rotatable bonds is 5. The first kappa shape index (κ1) is 14.3. The van der Waals surface area contributed by atoms with E-state index < -0.39 is 6.04 Å². The highest BCUT2D eigenvalue weighted by atomic mass is 16.3. The summed E-state index contributed by atoms with van der Waals surface area (Å²) in [6, 6.07) is 9.01. The summed E-state index contributed by atoms with van der Waals surface area (Å²) in [5.41, 5.74) is 2.20. The van der Waals surface area contributed by atoms with Crippen LogP contribution in [-0.4, -0.2) is 27.4 Å². The maximum Gasteiger partial charge on any atom is 0.255 e. The summed E-state index contributed by atoms with van der Waals surface area (Å²) in [5.74, 6) is -0.210. The van der Waals surface area contributed by atoms with Crippen molar-refractivity contribution in [2.24, 2.45) is 7.05 Å². The molecule has 0 aliphatic rings. The SMILES string of the molecule is CCc1nn(C)cc1C(=O)NC(CO)c1ccccc1. The van der Waals surface area contributed by atoms with Crippen molar-refractivity contribution in [3.63, 3.8) is 0 Å². The molecule has 0 fully saturated rings. The number of carbonyl (C=O) groups is 1. The molecule has 2 N–H and O–H groups in total. The topological polar surface area (TPSA) is 67.2 Å². The maximum absolute atomic E-state index is 12.3. The fraction of sp³-hybridized carbons (Fsp3) is 0.333. The van der Waals surface area contributed by atoms with E-state index in [1.807, 2.05) is 37.3 Å². The molecule has 1 aromatic heterocycles. The molecule has 0 saturated heterocycles. The van der Waals surface area contributed by atoms with Crippen LogP contribution in [0, 0.1) is 0 Å². The molecule has 2 aromatic rings. The summed E-state index contributed by atoms with van der Waals surface area (Å²) in [6.07, 6.45) is 2.40. The van der Waals surface area contributed by atoms with E-state index in [1.54, 1.807) is 17.9 Å². The monoisotopic (exact) mass is 273 g/mol. The van der Waals surface area contributed by atoms with Gasteiger partial charge in [0.1, 0.15) is 0 Å². The molecule has 1 heterocycles. The van der Waals surface area contributed by atoms with Crippen LogP contribution in [-0.2, 0) is 13.5 Å². The second kappa shape index (κ2) is 6.34. The van der Waals surface area contributed by atoms with Crippen molar-refractivity contribution in [2.75, 3.05) is 6.61 Å². The van der Waals surface area contributed by atoms with E-state index in [0.717, 1.165) is 11.3 Å². The Morgan fingerprint density at radius 2 is 2.10 bits per heavy atom. The molecule has 5 nitrogen and oxygen atoms in total. The zero-order valence-electron chi connectivity index (χ0n) is 11.7. The number of hydrogen-bond donors (Lipinski definition) is 2. The molecule has 5 heteroatoms. The predicted octanol–water partition coefficient (Wildman–Crippen LogP) is 1.45. The molecular weight excluding hydrogens is 254 g/mol. The average molecular weight is 273 g/mol. The molecule has 0 aliphatic carbocycles. The van der Waals surface area contributed by atoms with Crippen LogP contribution >= 0.6 is 0 Å². The number of aliphatic hydroxyl groups is 1. The van der Waals surface area contributed by atoms with Gasteiger partial charge in [-0.15, -0.1) is 0 Å². The van der Waals surface area contributed by atoms with Gasteiger partial charge in [0.25, 0.3) is 5.91 Å². The molecule has 0 bridgehead atoms. The Bertz CT molecular complexity index is 578. The third kappa shape index (κ3) is 3.05. The Hall–Kier alpha value is -2.14. The Morgan fingerprint density at radius 1 is 1.40 bits per heavy atom. The fourth-order valence-electron chi connectivity index (χ4n) is 2.14. The van der Waals surface area contributed by atoms with Gasteiger partial charge in [-0.05, 0) is 12.0 Å². The van der Waals surface area contributed by atoms with E-state index in [9.17, 15) is 9.90 Å². The quantitative estimate of drug-likeness (QED) is 0.866. The van der Waals surface area contributed by atoms with Crippen molar-refractivity contribution in [1.82, 2.24) is 15.1 Å². The van der Waals surface area contributed by atoms with Gasteiger partial charge in [0.15, 0.2) is 0 Å². The van der Waals surface area contributed by atoms with Gasteiger partial charge in [0.2, 0.25) is 0 Å². The lowest BCUT2D eigenvalue weighted by Gasteiger charge is -2.16. The van der Waals surface area contributed by atoms with E-state index in [-0.39, 0.29) is 12.5 Å². The van der Waals surface area contributed by atoms with Gasteiger partial charge in [-0.2, -0.15) is 5.10 Å². The zero-order chi connectivity index (χ0) is 14.5. The van der Waals surface area contributed by atoms with Gasteiger partial charge in [0.05, 0.1) is 23.9 Å². The highest BCUT2D eigenvalue weighted by molar-refractivity contribution is 5.95. The van der Waals surface area contributed by atoms with E-state index in [4.69, 9.17) is 0 Å². The minimum absolute atomic E-state index is 0.141. The summed E-state index contributed by atoms with van der Waals surface area (Å²) in [6.45, 7) is 1.82. The van der Waals surface area contributed by atoms with Crippen molar-refractivity contribution in [3.8, 4) is 0 Å². The van der Waals surface area contributed by atoms with Crippen molar-refractivity contribution in [2.45, 2.75) is 19.4 Å². The van der Waals surface area contributed by atoms with Crippen LogP contribution < -0.4 is 5.32 Å². The average Bonchev–Trinajstić information content (AvgIpc) is 2.86. The number of amides is 1. The number of aromatic nitrogens is 2. The van der Waals surface area contributed by atoms with Gasteiger partial charge < -0.3 is 10.4 Å². The third-order valence-electron chi connectivity index (χ3n) is 3.17. The first-order chi connectivity index (χ1) is 9.65. The highest BCUT2D eigenvalue weighted by Gasteiger charge is 2.18. The van der Waals surface area contributed by atoms with Crippen LogP contribution in [0.4, 0.5) is 0 Å². The van der Waals surface area contributed by atoms with Gasteiger partial charge in [-0.25, -0.2) is 0 Å². The second-order valence-corrected chi connectivity index (χ2v) is 4.64. The number of nitrogens with zero attached hydrogens (tertiary/aromatic N) is 2. The summed E-state index contributed by atoms with van der Waals surface area (Å²) in [5, 5.41) is 16.6. The molecule has 1 atom stereocenters. The molecular formula is C15H19N3O2. The summed E-state index contributed by atoms with van der Waals surface area (Å²) in [4.78, 5) is 12.3. The van der Waals surface area contributed by atoms with Crippen LogP contribution in [0.2, 0.25) is 0 Å². The molecule has 106 valence electrons. The van der Waals surface area contributed by atoms with E-state index in [2.05, 4.69) is 10.4 Å². The number of aliphatic hydroxyl groups excluding tert-OH is 1. The predicted molar refractivity (Wildman–Crippen MR) is 76.3 cm³/mol. The molecule has 1 aromatic carbocycles. The molecule has 0 spiro atoms. The summed E-state index contributed by atoms with van der Waals surface area (Å²) < 4.78 is 1.63. The Morgan fingerprint density at radius 3 is 2.70 bits per heavy atom. The Balaban J connectivity index is 2.17. The Kier molecular flexibility index (Phi) is 4.53. The number of hydrogen-bond acceptors (Lipinski definition) is 3. The Labute approximate surface area is 118 Å². The molecule has 0 aliphatic heterocycles. The van der Waals surface area contributed by atoms with Crippen LogP contribution in [0.1, 0.15) is 34.6 Å². The van der Waals surface area contributed by atoms with Crippen LogP contribution in [0.15, 0.2) is 36.5 Å². The van der Waals surface area contributed by atoms with Crippen LogP contribution in [0.5, 0.6) is 0 Å². The normalized spacial score (nSPS) is 12.2. The van der Waals surface area contributed by atoms with E-state index >= 15 is 0 Å². The lowest BCUT2D eigenvalue weighted by atomic mass is 10.1. The van der Waals surface area contributed by atoms with Gasteiger partial charge >= 0.3 is 0 Å². The van der Waals surface area contributed by atoms with Crippen LogP contribution in [0.25, 0.3) is 0 Å². The maximum atomic E-state index is 12.3. The minimum atomic E-state index is -0.409. The largest absolute Gasteiger partial charge is 0.394 e. The first-order valence-corrected chi connectivity index (χ1v) is 6.64. The number of aryl methyl sites for hydroxylation is 2. The van der Waals surface area contributed by atoms with E-state index in [1.165, 1.54) is 0 Å². The molecule has 0 radical (unpaired) electrons. The number of benzene rings is 1. The smallest absolute Gasteiger partial charge is 0.255 e. The molecule has 2 rings (SSSR count). The van der Waals surface area contributed by atoms with Gasteiger partial charge in [-0.1, -0.05) is 37.3 Å². The van der Waals surface area contributed by atoms with Crippen molar-refractivity contribution in [1.29, 1.82) is 0 Å². The third-order valence-corrected chi connectivity index (χ3v) is 3.17. The number of nitrogens with one attached hydrogen (secondary N) is 1. The second-order valence-electron chi connectivity index (χ2n) is 4.64. The van der Waals surface area contributed by atoms with Crippen molar-refractivity contribution < 1.29 is 9.90 Å². The first-order valence-electron chi connectivity index (χ1n) is 6.64. The van der Waals surface area contributed by atoms with Gasteiger partial charge in [0, 0.05) is 13.2 Å². The summed E-state index contributed by atoms with van der Waals surface area (Å²) in [7, 11) is 1.79. The molecule has 1 unspecified atom stereocenters. The lowest BCUT2D eigenvalue weighted by Crippen LogP contribution is -2.31. The standard InChI is InChI=1S/C15H19N3O2/c1-3-13-12(9-18(2)17-13)15(20)16-14(10-19)11-7-5-4-6-8-11/h4-9,14,19H,3,10H2,1-2H3,(H,16,20). The van der Waals surface area contributed by atoms with E-state index in [0.29, 0.717) is 12.0 Å². The zero-order valence-corrected chi connectivity index (χ0v) is 11.7. The van der Waals surface area contributed by atoms with Crippen molar-refractivity contribution in [3.05, 3.63) is 53.3 Å². The highest BCUT2D eigenvalue weighted by Crippen LogP contribution is 2.14. The molecule has 0 saturated carbocycles. The van der Waals surface area contributed by atoms with Crippen LogP contribution in [0.3, 0.4) is 0 Å². The molecule has 20 heavy (non-hydrogen) atoms. The summed E-state index contributed by atoms with van der Waals surface area (Å²) >= 11 is 0. The minimum Gasteiger partial charge on any atom is -0.394 e. The van der Waals surface area contributed by atoms with Gasteiger partial charge in [-0.3, -0.25) is 9.48 Å². The number of carbonyl (C=O) groups excluding carboxylic acids is 1.